The molecule has 1 aliphatic rings. The first-order valence-corrected chi connectivity index (χ1v) is 12.7. The first-order valence-electron chi connectivity index (χ1n) is 12.7. The second kappa shape index (κ2) is 12.5. The van der Waals surface area contributed by atoms with E-state index >= 15 is 0 Å². The number of carbonyl (C=O) groups is 4. The molecule has 4 atom stereocenters. The van der Waals surface area contributed by atoms with Gasteiger partial charge in [-0.3, -0.25) is 19.3 Å². The smallest absolute Gasteiger partial charge is 0.410 e. The van der Waals surface area contributed by atoms with E-state index in [-0.39, 0.29) is 13.0 Å². The zero-order valence-electron chi connectivity index (χ0n) is 24.0. The summed E-state index contributed by atoms with van der Waals surface area (Å²) in [6, 6.07) is -1.15. The van der Waals surface area contributed by atoms with Gasteiger partial charge in [0.05, 0.1) is 6.04 Å². The van der Waals surface area contributed by atoms with Crippen LogP contribution in [0.3, 0.4) is 0 Å². The minimum absolute atomic E-state index is 0.0969. The molecule has 1 heterocycles. The topological polar surface area (TPSA) is 157 Å². The van der Waals surface area contributed by atoms with Crippen LogP contribution in [-0.4, -0.2) is 77.0 Å². The predicted octanol–water partition coefficient (Wildman–Crippen LogP) is 3.97. The van der Waals surface area contributed by atoms with Gasteiger partial charge in [-0.2, -0.15) is 0 Å². The maximum absolute atomic E-state index is 14.2. The molecule has 2 rings (SSSR count). The molecule has 1 saturated heterocycles. The molecule has 1 fully saturated rings. The Morgan fingerprint density at radius 3 is 2.23 bits per heavy atom. The Morgan fingerprint density at radius 2 is 1.73 bits per heavy atom. The zero-order chi connectivity index (χ0) is 30.6. The molecule has 0 bridgehead atoms. The number of carbonyl (C=O) groups excluding carboxylic acids is 4. The fraction of sp³-hybridized carbons (Fsp3) is 0.615. The minimum Gasteiger partial charge on any atom is -0.444 e. The van der Waals surface area contributed by atoms with Crippen LogP contribution in [0.2, 0.25) is 0 Å². The maximum Gasteiger partial charge on any atom is 0.410 e. The summed E-state index contributed by atoms with van der Waals surface area (Å²) < 4.78 is 33.7. The molecule has 0 saturated carbocycles. The number of benzene rings is 1. The highest BCUT2D eigenvalue weighted by atomic mass is 19.1. The van der Waals surface area contributed by atoms with Crippen molar-refractivity contribution in [2.24, 2.45) is 10.5 Å². The van der Waals surface area contributed by atoms with E-state index in [0.717, 1.165) is 28.0 Å². The summed E-state index contributed by atoms with van der Waals surface area (Å²) in [5.74, 6) is -4.21. The van der Waals surface area contributed by atoms with E-state index in [2.05, 4.69) is 20.7 Å². The molecule has 1 aromatic rings. The van der Waals surface area contributed by atoms with Crippen molar-refractivity contribution in [3.05, 3.63) is 40.3 Å². The Kier molecular flexibility index (Phi) is 10.1. The lowest BCUT2D eigenvalue weighted by atomic mass is 9.85. The average molecular weight is 566 g/mol. The van der Waals surface area contributed by atoms with Gasteiger partial charge in [-0.1, -0.05) is 32.0 Å². The molecular formula is C26H37F2N7O5. The van der Waals surface area contributed by atoms with Gasteiger partial charge in [0.25, 0.3) is 0 Å². The number of nitrogens with one attached hydrogen (secondary N) is 2. The highest BCUT2D eigenvalue weighted by Crippen LogP contribution is 2.29. The number of hydrogen-bond donors (Lipinski definition) is 2. The van der Waals surface area contributed by atoms with Gasteiger partial charge in [-0.25, -0.2) is 13.6 Å². The lowest BCUT2D eigenvalue weighted by Crippen LogP contribution is -2.60. The minimum atomic E-state index is -1.24. The van der Waals surface area contributed by atoms with Gasteiger partial charge in [0.2, 0.25) is 17.7 Å². The van der Waals surface area contributed by atoms with Gasteiger partial charge in [0.1, 0.15) is 41.0 Å². The van der Waals surface area contributed by atoms with Crippen LogP contribution < -0.4 is 10.6 Å². The predicted molar refractivity (Wildman–Crippen MR) is 143 cm³/mol. The van der Waals surface area contributed by atoms with Crippen molar-refractivity contribution in [1.82, 2.24) is 15.1 Å². The van der Waals surface area contributed by atoms with Crippen LogP contribution in [0.1, 0.15) is 54.9 Å². The van der Waals surface area contributed by atoms with Crippen molar-refractivity contribution in [1.29, 1.82) is 0 Å². The van der Waals surface area contributed by atoms with E-state index in [1.807, 2.05) is 0 Å². The van der Waals surface area contributed by atoms with Gasteiger partial charge in [-0.05, 0) is 57.2 Å². The van der Waals surface area contributed by atoms with Crippen molar-refractivity contribution in [3.63, 3.8) is 0 Å². The number of likely N-dealkylation sites (N-methyl/N-ethyl adjacent to an activating group) is 1. The van der Waals surface area contributed by atoms with Crippen LogP contribution in [0.15, 0.2) is 23.3 Å². The van der Waals surface area contributed by atoms with Crippen LogP contribution in [-0.2, 0) is 19.1 Å². The number of rotatable bonds is 7. The van der Waals surface area contributed by atoms with Crippen molar-refractivity contribution < 1.29 is 32.7 Å². The Hall–Kier alpha value is -3.93. The Morgan fingerprint density at radius 1 is 1.15 bits per heavy atom. The Balaban J connectivity index is 2.32. The van der Waals surface area contributed by atoms with Gasteiger partial charge in [0, 0.05) is 18.5 Å². The van der Waals surface area contributed by atoms with Crippen molar-refractivity contribution in [2.75, 3.05) is 18.9 Å². The van der Waals surface area contributed by atoms with Crippen LogP contribution in [0.5, 0.6) is 0 Å². The van der Waals surface area contributed by atoms with E-state index in [4.69, 9.17) is 10.3 Å². The number of ether oxygens (including phenoxy) is 1. The monoisotopic (exact) mass is 565 g/mol. The number of nitrogens with zero attached hydrogens (tertiary/aromatic N) is 5. The fourth-order valence-electron chi connectivity index (χ4n) is 4.03. The molecule has 220 valence electrons. The molecule has 1 aromatic carbocycles. The van der Waals surface area contributed by atoms with Crippen molar-refractivity contribution in [3.8, 4) is 0 Å². The summed E-state index contributed by atoms with van der Waals surface area (Å²) in [4.78, 5) is 57.6. The molecular weight excluding hydrogens is 528 g/mol. The number of halogens is 2. The summed E-state index contributed by atoms with van der Waals surface area (Å²) in [6.07, 6.45) is -0.831. The Bertz CT molecular complexity index is 1170. The molecule has 0 spiro atoms. The SMILES string of the molecule is C[C@@H](C(=O)N[C@H](C(=O)N1C[C@@H](N=[N+]=[N-])C[C@H]1C(=O)Nc1c(F)cccc1F)C(C)(C)C)N(C)C(=O)OC(C)(C)C. The van der Waals surface area contributed by atoms with Gasteiger partial charge >= 0.3 is 6.09 Å². The second-order valence-electron chi connectivity index (χ2n) is 11.8. The third-order valence-electron chi connectivity index (χ3n) is 6.33. The molecule has 1 aliphatic heterocycles. The average Bonchev–Trinajstić information content (AvgIpc) is 3.25. The van der Waals surface area contributed by atoms with Crippen LogP contribution in [0, 0.1) is 17.0 Å². The number of amides is 4. The fourth-order valence-corrected chi connectivity index (χ4v) is 4.03. The number of para-hydroxylation sites is 1. The third kappa shape index (κ3) is 8.04. The lowest BCUT2D eigenvalue weighted by molar-refractivity contribution is -0.143. The van der Waals surface area contributed by atoms with Gasteiger partial charge in [0.15, 0.2) is 0 Å². The van der Waals surface area contributed by atoms with E-state index in [1.165, 1.54) is 14.0 Å². The molecule has 4 amide bonds. The first-order chi connectivity index (χ1) is 18.4. The lowest BCUT2D eigenvalue weighted by Gasteiger charge is -2.36. The normalized spacial score (nSPS) is 18.7. The highest BCUT2D eigenvalue weighted by molar-refractivity contribution is 5.99. The molecule has 14 heteroatoms. The van der Waals surface area contributed by atoms with Crippen molar-refractivity contribution in [2.45, 2.75) is 84.7 Å². The molecule has 0 unspecified atom stereocenters. The molecule has 2 N–H and O–H groups in total. The molecule has 0 aliphatic carbocycles. The van der Waals surface area contributed by atoms with E-state index in [1.54, 1.807) is 41.5 Å². The van der Waals surface area contributed by atoms with Crippen molar-refractivity contribution >= 4 is 29.5 Å². The Labute approximate surface area is 232 Å². The highest BCUT2D eigenvalue weighted by Gasteiger charge is 2.45. The summed E-state index contributed by atoms with van der Waals surface area (Å²) in [5.41, 5.74) is 6.60. The molecule has 40 heavy (non-hydrogen) atoms. The van der Waals surface area contributed by atoms with Crippen LogP contribution >= 0.6 is 0 Å². The standard InChI is InChI=1S/C26H37F2N7O5/c1-14(34(8)24(39)40-26(5,6)7)21(36)31-20(25(2,3)4)23(38)35-13-15(32-33-29)12-18(35)22(37)30-19-16(27)10-9-11-17(19)28/h9-11,14-15,18,20H,12-13H2,1-8H3,(H,30,37)(H,31,36)/t14-,15-,18-,20+/m0/s1. The number of likely N-dealkylation sites (tertiary alicyclic amines) is 1. The zero-order valence-corrected chi connectivity index (χ0v) is 24.0. The van der Waals surface area contributed by atoms with E-state index < -0.39 is 76.3 Å². The maximum atomic E-state index is 14.2. The van der Waals surface area contributed by atoms with Gasteiger partial charge < -0.3 is 20.3 Å². The van der Waals surface area contributed by atoms with Crippen LogP contribution in [0.25, 0.3) is 10.4 Å². The summed E-state index contributed by atoms with van der Waals surface area (Å²) in [6.45, 7) is 11.5. The van der Waals surface area contributed by atoms with E-state index in [0.29, 0.717) is 0 Å². The molecule has 0 aromatic heterocycles. The quantitative estimate of drug-likeness (QED) is 0.291. The number of anilines is 1. The third-order valence-corrected chi connectivity index (χ3v) is 6.33. The van der Waals surface area contributed by atoms with Crippen LogP contribution in [0.4, 0.5) is 19.3 Å². The summed E-state index contributed by atoms with van der Waals surface area (Å²) in [7, 11) is 1.39. The largest absolute Gasteiger partial charge is 0.444 e. The summed E-state index contributed by atoms with van der Waals surface area (Å²) in [5, 5.41) is 8.49. The second-order valence-corrected chi connectivity index (χ2v) is 11.8. The first kappa shape index (κ1) is 32.3. The van der Waals surface area contributed by atoms with Gasteiger partial charge in [-0.15, -0.1) is 0 Å². The molecule has 12 nitrogen and oxygen atoms in total. The number of hydrogen-bond acceptors (Lipinski definition) is 6. The number of azide groups is 1. The van der Waals surface area contributed by atoms with E-state index in [9.17, 15) is 28.0 Å². The summed E-state index contributed by atoms with van der Waals surface area (Å²) >= 11 is 0. The molecule has 0 radical (unpaired) electrons.